The second kappa shape index (κ2) is 8.97. The van der Waals surface area contributed by atoms with Crippen LogP contribution in [0.25, 0.3) is 0 Å². The minimum Gasteiger partial charge on any atom is -0.345 e. The van der Waals surface area contributed by atoms with Crippen LogP contribution in [0.5, 0.6) is 0 Å². The lowest BCUT2D eigenvalue weighted by atomic mass is 10.2. The van der Waals surface area contributed by atoms with Gasteiger partial charge in [-0.3, -0.25) is 14.6 Å². The molecular formula is C20H25N3O2. The van der Waals surface area contributed by atoms with Crippen LogP contribution in [0, 0.1) is 6.92 Å². The quantitative estimate of drug-likeness (QED) is 0.729. The van der Waals surface area contributed by atoms with Crippen molar-refractivity contribution in [3.05, 3.63) is 59.9 Å². The highest BCUT2D eigenvalue weighted by Crippen LogP contribution is 2.17. The Labute approximate surface area is 149 Å². The highest BCUT2D eigenvalue weighted by atomic mass is 16.2. The molecule has 1 aromatic heterocycles. The standard InChI is InChI=1S/C20H25N3O2/c1-4-23(18-7-5-6-16(2)14-18)20(25)15-19(24)22(3)13-10-17-8-11-21-12-9-17/h5-9,11-12,14H,4,10,13,15H2,1-3H3. The maximum Gasteiger partial charge on any atom is 0.236 e. The van der Waals surface area contributed by atoms with Crippen molar-refractivity contribution < 1.29 is 9.59 Å². The minimum absolute atomic E-state index is 0.116. The smallest absolute Gasteiger partial charge is 0.236 e. The topological polar surface area (TPSA) is 53.5 Å². The SMILES string of the molecule is CCN(C(=O)CC(=O)N(C)CCc1ccncc1)c1cccc(C)c1. The number of carbonyl (C=O) groups excluding carboxylic acids is 2. The summed E-state index contributed by atoms with van der Waals surface area (Å²) in [5.41, 5.74) is 3.04. The number of aromatic nitrogens is 1. The van der Waals surface area contributed by atoms with E-state index in [0.717, 1.165) is 23.2 Å². The summed E-state index contributed by atoms with van der Waals surface area (Å²) >= 11 is 0. The van der Waals surface area contributed by atoms with Crippen LogP contribution < -0.4 is 4.90 Å². The van der Waals surface area contributed by atoms with Crippen LogP contribution in [0.4, 0.5) is 5.69 Å². The fourth-order valence-electron chi connectivity index (χ4n) is 2.63. The van der Waals surface area contributed by atoms with Crippen molar-refractivity contribution in [1.29, 1.82) is 0 Å². The lowest BCUT2D eigenvalue weighted by Crippen LogP contribution is -2.37. The van der Waals surface area contributed by atoms with Crippen LogP contribution in [0.1, 0.15) is 24.5 Å². The average Bonchev–Trinajstić information content (AvgIpc) is 2.61. The van der Waals surface area contributed by atoms with Crippen LogP contribution in [-0.4, -0.2) is 41.8 Å². The van der Waals surface area contributed by atoms with E-state index in [4.69, 9.17) is 0 Å². The highest BCUT2D eigenvalue weighted by molar-refractivity contribution is 6.04. The summed E-state index contributed by atoms with van der Waals surface area (Å²) in [4.78, 5) is 32.2. The lowest BCUT2D eigenvalue weighted by Gasteiger charge is -2.23. The van der Waals surface area contributed by atoms with E-state index in [2.05, 4.69) is 4.98 Å². The number of nitrogens with zero attached hydrogens (tertiary/aromatic N) is 3. The molecule has 25 heavy (non-hydrogen) atoms. The Morgan fingerprint density at radius 2 is 1.80 bits per heavy atom. The first-order valence-electron chi connectivity index (χ1n) is 8.51. The van der Waals surface area contributed by atoms with Gasteiger partial charge in [0, 0.05) is 38.2 Å². The molecule has 0 bridgehead atoms. The maximum absolute atomic E-state index is 12.5. The van der Waals surface area contributed by atoms with Crippen LogP contribution >= 0.6 is 0 Å². The van der Waals surface area contributed by atoms with Crippen LogP contribution in [0.15, 0.2) is 48.8 Å². The Kier molecular flexibility index (Phi) is 6.69. The third-order valence-electron chi connectivity index (χ3n) is 4.14. The molecule has 1 heterocycles. The molecule has 132 valence electrons. The number of rotatable bonds is 7. The third kappa shape index (κ3) is 5.41. The number of pyridine rings is 1. The summed E-state index contributed by atoms with van der Waals surface area (Å²) in [7, 11) is 1.74. The van der Waals surface area contributed by atoms with Gasteiger partial charge in [0.05, 0.1) is 0 Å². The molecular weight excluding hydrogens is 314 g/mol. The molecule has 5 nitrogen and oxygen atoms in total. The van der Waals surface area contributed by atoms with E-state index in [-0.39, 0.29) is 18.2 Å². The summed E-state index contributed by atoms with van der Waals surface area (Å²) in [5, 5.41) is 0. The first-order valence-corrected chi connectivity index (χ1v) is 8.51. The number of amides is 2. The number of carbonyl (C=O) groups is 2. The zero-order chi connectivity index (χ0) is 18.2. The number of likely N-dealkylation sites (N-methyl/N-ethyl adjacent to an activating group) is 1. The van der Waals surface area contributed by atoms with Crippen molar-refractivity contribution in [2.75, 3.05) is 25.0 Å². The number of hydrogen-bond donors (Lipinski definition) is 0. The first-order chi connectivity index (χ1) is 12.0. The fourth-order valence-corrected chi connectivity index (χ4v) is 2.63. The van der Waals surface area contributed by atoms with Crippen LogP contribution in [-0.2, 0) is 16.0 Å². The Bertz CT molecular complexity index is 716. The fraction of sp³-hybridized carbons (Fsp3) is 0.350. The van der Waals surface area contributed by atoms with Gasteiger partial charge in [-0.1, -0.05) is 12.1 Å². The van der Waals surface area contributed by atoms with E-state index in [1.54, 1.807) is 29.2 Å². The second-order valence-corrected chi connectivity index (χ2v) is 6.07. The van der Waals surface area contributed by atoms with Crippen LogP contribution in [0.2, 0.25) is 0 Å². The largest absolute Gasteiger partial charge is 0.345 e. The summed E-state index contributed by atoms with van der Waals surface area (Å²) in [6.07, 6.45) is 4.10. The highest BCUT2D eigenvalue weighted by Gasteiger charge is 2.20. The van der Waals surface area contributed by atoms with Gasteiger partial charge in [-0.15, -0.1) is 0 Å². The molecule has 0 saturated heterocycles. The van der Waals surface area contributed by atoms with Crippen molar-refractivity contribution in [1.82, 2.24) is 9.88 Å². The van der Waals surface area contributed by atoms with Gasteiger partial charge in [-0.2, -0.15) is 0 Å². The zero-order valence-corrected chi connectivity index (χ0v) is 15.1. The van der Waals surface area contributed by atoms with Crippen molar-refractivity contribution in [2.45, 2.75) is 26.7 Å². The predicted octanol–water partition coefficient (Wildman–Crippen LogP) is 2.83. The van der Waals surface area contributed by atoms with Gasteiger partial charge in [0.25, 0.3) is 0 Å². The van der Waals surface area contributed by atoms with Gasteiger partial charge in [-0.05, 0) is 55.7 Å². The Balaban J connectivity index is 1.92. The molecule has 0 saturated carbocycles. The van der Waals surface area contributed by atoms with Crippen molar-refractivity contribution in [3.63, 3.8) is 0 Å². The van der Waals surface area contributed by atoms with E-state index in [1.165, 1.54) is 0 Å². The molecule has 2 amide bonds. The van der Waals surface area contributed by atoms with Gasteiger partial charge in [0.15, 0.2) is 0 Å². The Morgan fingerprint density at radius 3 is 2.44 bits per heavy atom. The van der Waals surface area contributed by atoms with Crippen molar-refractivity contribution in [2.24, 2.45) is 0 Å². The summed E-state index contributed by atoms with van der Waals surface area (Å²) in [6, 6.07) is 11.6. The average molecular weight is 339 g/mol. The third-order valence-corrected chi connectivity index (χ3v) is 4.14. The number of anilines is 1. The minimum atomic E-state index is -0.172. The monoisotopic (exact) mass is 339 g/mol. The molecule has 5 heteroatoms. The van der Waals surface area contributed by atoms with E-state index in [9.17, 15) is 9.59 Å². The summed E-state index contributed by atoms with van der Waals surface area (Å²) in [6.45, 7) is 5.01. The molecule has 0 atom stereocenters. The summed E-state index contributed by atoms with van der Waals surface area (Å²) in [5.74, 6) is -0.334. The molecule has 0 N–H and O–H groups in total. The molecule has 0 unspecified atom stereocenters. The van der Waals surface area contributed by atoms with Gasteiger partial charge < -0.3 is 9.80 Å². The summed E-state index contributed by atoms with van der Waals surface area (Å²) < 4.78 is 0. The van der Waals surface area contributed by atoms with E-state index >= 15 is 0 Å². The first kappa shape index (κ1) is 18.6. The maximum atomic E-state index is 12.5. The molecule has 0 spiro atoms. The Morgan fingerprint density at radius 1 is 1.08 bits per heavy atom. The molecule has 0 aliphatic carbocycles. The van der Waals surface area contributed by atoms with E-state index in [1.807, 2.05) is 50.2 Å². The lowest BCUT2D eigenvalue weighted by molar-refractivity contribution is -0.134. The predicted molar refractivity (Wildman–Crippen MR) is 99.4 cm³/mol. The number of aryl methyl sites for hydroxylation is 1. The normalized spacial score (nSPS) is 10.4. The van der Waals surface area contributed by atoms with Crippen molar-refractivity contribution in [3.8, 4) is 0 Å². The van der Waals surface area contributed by atoms with Crippen molar-refractivity contribution >= 4 is 17.5 Å². The van der Waals surface area contributed by atoms with Crippen LogP contribution in [0.3, 0.4) is 0 Å². The second-order valence-electron chi connectivity index (χ2n) is 6.07. The molecule has 0 radical (unpaired) electrons. The van der Waals surface area contributed by atoms with Gasteiger partial charge in [-0.25, -0.2) is 0 Å². The van der Waals surface area contributed by atoms with E-state index < -0.39 is 0 Å². The molecule has 0 aliphatic heterocycles. The zero-order valence-electron chi connectivity index (χ0n) is 15.1. The Hall–Kier alpha value is -2.69. The molecule has 0 aliphatic rings. The van der Waals surface area contributed by atoms with E-state index in [0.29, 0.717) is 13.1 Å². The number of benzene rings is 1. The number of hydrogen-bond acceptors (Lipinski definition) is 3. The van der Waals surface area contributed by atoms with Gasteiger partial charge in [0.1, 0.15) is 6.42 Å². The molecule has 2 rings (SSSR count). The molecule has 0 fully saturated rings. The molecule has 1 aromatic carbocycles. The van der Waals surface area contributed by atoms with Gasteiger partial charge in [0.2, 0.25) is 11.8 Å². The van der Waals surface area contributed by atoms with Gasteiger partial charge >= 0.3 is 0 Å². The molecule has 2 aromatic rings.